The van der Waals surface area contributed by atoms with Crippen LogP contribution in [0.25, 0.3) is 0 Å². The lowest BCUT2D eigenvalue weighted by molar-refractivity contribution is 0.0490. The SMILES string of the molecule is CC(C)(C)OC(=O)N[C@H]1CNC[C@@H]1F. The number of carbonyl (C=O) groups excluding carboxylic acids is 1. The Labute approximate surface area is 83.2 Å². The van der Waals surface area contributed by atoms with Crippen LogP contribution in [-0.2, 0) is 4.74 Å². The summed E-state index contributed by atoms with van der Waals surface area (Å²) in [5.74, 6) is 0. The van der Waals surface area contributed by atoms with E-state index in [2.05, 4.69) is 10.6 Å². The molecule has 0 aromatic rings. The van der Waals surface area contributed by atoms with E-state index in [9.17, 15) is 9.18 Å². The van der Waals surface area contributed by atoms with E-state index in [1.54, 1.807) is 20.8 Å². The van der Waals surface area contributed by atoms with Crippen molar-refractivity contribution in [3.63, 3.8) is 0 Å². The number of rotatable bonds is 1. The van der Waals surface area contributed by atoms with Gasteiger partial charge in [0.15, 0.2) is 0 Å². The number of ether oxygens (including phenoxy) is 1. The number of hydrogen-bond acceptors (Lipinski definition) is 3. The maximum Gasteiger partial charge on any atom is 0.408 e. The van der Waals surface area contributed by atoms with Gasteiger partial charge in [0.05, 0.1) is 6.04 Å². The molecule has 1 amide bonds. The molecule has 0 bridgehead atoms. The number of alkyl carbamates (subject to hydrolysis) is 1. The lowest BCUT2D eigenvalue weighted by Gasteiger charge is -2.22. The summed E-state index contributed by atoms with van der Waals surface area (Å²) >= 11 is 0. The van der Waals surface area contributed by atoms with E-state index in [1.807, 2.05) is 0 Å². The largest absolute Gasteiger partial charge is 0.444 e. The maximum atomic E-state index is 13.0. The van der Waals surface area contributed by atoms with Crippen molar-refractivity contribution >= 4 is 6.09 Å². The topological polar surface area (TPSA) is 50.4 Å². The molecule has 5 heteroatoms. The predicted molar refractivity (Wildman–Crippen MR) is 50.9 cm³/mol. The molecule has 0 aromatic heterocycles. The van der Waals surface area contributed by atoms with Crippen LogP contribution in [0.5, 0.6) is 0 Å². The molecule has 82 valence electrons. The molecule has 2 atom stereocenters. The summed E-state index contributed by atoms with van der Waals surface area (Å²) in [6, 6.07) is -0.468. The minimum Gasteiger partial charge on any atom is -0.444 e. The third-order valence-electron chi connectivity index (χ3n) is 1.84. The molecule has 0 radical (unpaired) electrons. The van der Waals surface area contributed by atoms with Gasteiger partial charge >= 0.3 is 6.09 Å². The van der Waals surface area contributed by atoms with Crippen molar-refractivity contribution in [2.75, 3.05) is 13.1 Å². The van der Waals surface area contributed by atoms with Crippen LogP contribution in [0.3, 0.4) is 0 Å². The van der Waals surface area contributed by atoms with Crippen molar-refractivity contribution in [1.29, 1.82) is 0 Å². The highest BCUT2D eigenvalue weighted by Crippen LogP contribution is 2.09. The first-order valence-electron chi connectivity index (χ1n) is 4.73. The Balaban J connectivity index is 2.33. The minimum atomic E-state index is -1.03. The van der Waals surface area contributed by atoms with Gasteiger partial charge in [0, 0.05) is 13.1 Å². The van der Waals surface area contributed by atoms with Crippen molar-refractivity contribution in [3.8, 4) is 0 Å². The Morgan fingerprint density at radius 3 is 2.57 bits per heavy atom. The summed E-state index contributed by atoms with van der Waals surface area (Å²) in [5, 5.41) is 5.33. The molecule has 1 aliphatic rings. The van der Waals surface area contributed by atoms with E-state index < -0.39 is 23.9 Å². The van der Waals surface area contributed by atoms with Crippen LogP contribution in [0.15, 0.2) is 0 Å². The molecule has 1 aliphatic heterocycles. The Kier molecular flexibility index (Phi) is 3.31. The average molecular weight is 204 g/mol. The second kappa shape index (κ2) is 4.13. The van der Waals surface area contributed by atoms with Gasteiger partial charge < -0.3 is 15.4 Å². The third kappa shape index (κ3) is 3.49. The summed E-state index contributed by atoms with van der Waals surface area (Å²) in [7, 11) is 0. The number of amides is 1. The zero-order valence-electron chi connectivity index (χ0n) is 8.76. The van der Waals surface area contributed by atoms with E-state index in [1.165, 1.54) is 0 Å². The molecule has 1 fully saturated rings. The van der Waals surface area contributed by atoms with Crippen molar-refractivity contribution in [1.82, 2.24) is 10.6 Å². The Hall–Kier alpha value is -0.840. The van der Waals surface area contributed by atoms with Gasteiger partial charge in [0.25, 0.3) is 0 Å². The van der Waals surface area contributed by atoms with Crippen molar-refractivity contribution in [3.05, 3.63) is 0 Å². The predicted octanol–water partition coefficient (Wildman–Crippen LogP) is 0.821. The molecule has 0 aromatic carbocycles. The lowest BCUT2D eigenvalue weighted by atomic mass is 10.2. The van der Waals surface area contributed by atoms with Crippen LogP contribution < -0.4 is 10.6 Å². The summed E-state index contributed by atoms with van der Waals surface area (Å²) in [4.78, 5) is 11.2. The molecular formula is C9H17FN2O2. The molecule has 14 heavy (non-hydrogen) atoms. The summed E-state index contributed by atoms with van der Waals surface area (Å²) in [6.07, 6.45) is -1.59. The average Bonchev–Trinajstić information content (AvgIpc) is 2.32. The fourth-order valence-corrected chi connectivity index (χ4v) is 1.25. The van der Waals surface area contributed by atoms with Gasteiger partial charge in [-0.2, -0.15) is 0 Å². The zero-order chi connectivity index (χ0) is 10.8. The van der Waals surface area contributed by atoms with Gasteiger partial charge in [-0.25, -0.2) is 9.18 Å². The molecule has 1 rings (SSSR count). The summed E-state index contributed by atoms with van der Waals surface area (Å²) in [5.41, 5.74) is -0.540. The first kappa shape index (κ1) is 11.2. The highest BCUT2D eigenvalue weighted by molar-refractivity contribution is 5.68. The fourth-order valence-electron chi connectivity index (χ4n) is 1.25. The summed E-state index contributed by atoms with van der Waals surface area (Å²) < 4.78 is 18.1. The molecule has 4 nitrogen and oxygen atoms in total. The van der Waals surface area contributed by atoms with Gasteiger partial charge in [-0.05, 0) is 20.8 Å². The monoisotopic (exact) mass is 204 g/mol. The maximum absolute atomic E-state index is 13.0. The van der Waals surface area contributed by atoms with Crippen LogP contribution in [0.2, 0.25) is 0 Å². The van der Waals surface area contributed by atoms with Gasteiger partial charge in [-0.1, -0.05) is 0 Å². The highest BCUT2D eigenvalue weighted by atomic mass is 19.1. The second-order valence-electron chi connectivity index (χ2n) is 4.43. The number of hydrogen-bond donors (Lipinski definition) is 2. The van der Waals surface area contributed by atoms with E-state index in [4.69, 9.17) is 4.74 Å². The van der Waals surface area contributed by atoms with Crippen molar-refractivity contribution in [2.24, 2.45) is 0 Å². The molecule has 1 heterocycles. The number of nitrogens with one attached hydrogen (secondary N) is 2. The summed E-state index contributed by atoms with van der Waals surface area (Å²) in [6.45, 7) is 6.06. The molecule has 2 N–H and O–H groups in total. The number of halogens is 1. The first-order chi connectivity index (χ1) is 6.38. The van der Waals surface area contributed by atoms with E-state index in [-0.39, 0.29) is 0 Å². The standard InChI is InChI=1S/C9H17FN2O2/c1-9(2,3)14-8(13)12-7-5-11-4-6(7)10/h6-7,11H,4-5H2,1-3H3,(H,12,13)/t6-,7-/m0/s1. The molecule has 0 saturated carbocycles. The van der Waals surface area contributed by atoms with Crippen LogP contribution >= 0.6 is 0 Å². The normalized spacial score (nSPS) is 27.4. The smallest absolute Gasteiger partial charge is 0.408 e. The third-order valence-corrected chi connectivity index (χ3v) is 1.84. The van der Waals surface area contributed by atoms with Crippen LogP contribution in [0.1, 0.15) is 20.8 Å². The first-order valence-corrected chi connectivity index (χ1v) is 4.73. The Bertz CT molecular complexity index is 215. The quantitative estimate of drug-likeness (QED) is 0.665. The van der Waals surface area contributed by atoms with Gasteiger partial charge in [-0.3, -0.25) is 0 Å². The van der Waals surface area contributed by atoms with Crippen molar-refractivity contribution in [2.45, 2.75) is 38.6 Å². The molecule has 0 spiro atoms. The van der Waals surface area contributed by atoms with Crippen molar-refractivity contribution < 1.29 is 13.9 Å². The zero-order valence-corrected chi connectivity index (χ0v) is 8.76. The van der Waals surface area contributed by atoms with Crippen LogP contribution in [0.4, 0.5) is 9.18 Å². The Morgan fingerprint density at radius 1 is 1.50 bits per heavy atom. The lowest BCUT2D eigenvalue weighted by Crippen LogP contribution is -2.43. The van der Waals surface area contributed by atoms with Gasteiger partial charge in [0.1, 0.15) is 11.8 Å². The minimum absolute atomic E-state index is 0.292. The van der Waals surface area contributed by atoms with E-state index >= 15 is 0 Å². The van der Waals surface area contributed by atoms with Gasteiger partial charge in [-0.15, -0.1) is 0 Å². The highest BCUT2D eigenvalue weighted by Gasteiger charge is 2.29. The number of alkyl halides is 1. The molecular weight excluding hydrogens is 187 g/mol. The molecule has 1 saturated heterocycles. The molecule has 0 unspecified atom stereocenters. The molecule has 0 aliphatic carbocycles. The van der Waals surface area contributed by atoms with Crippen LogP contribution in [-0.4, -0.2) is 37.0 Å². The van der Waals surface area contributed by atoms with Gasteiger partial charge in [0.2, 0.25) is 0 Å². The van der Waals surface area contributed by atoms with E-state index in [0.29, 0.717) is 13.1 Å². The van der Waals surface area contributed by atoms with Crippen LogP contribution in [0, 0.1) is 0 Å². The second-order valence-corrected chi connectivity index (χ2v) is 4.43. The Morgan fingerprint density at radius 2 is 2.14 bits per heavy atom. The van der Waals surface area contributed by atoms with E-state index in [0.717, 1.165) is 0 Å². The number of carbonyl (C=O) groups is 1. The fraction of sp³-hybridized carbons (Fsp3) is 0.889.